The van der Waals surface area contributed by atoms with Crippen LogP contribution >= 0.6 is 0 Å². The van der Waals surface area contributed by atoms with Crippen LogP contribution in [0.15, 0.2) is 167 Å². The van der Waals surface area contributed by atoms with Crippen LogP contribution in [0.2, 0.25) is 0 Å². The molecule has 0 aliphatic carbocycles. The third-order valence-corrected chi connectivity index (χ3v) is 10.0. The zero-order valence-electron chi connectivity index (χ0n) is 26.2. The van der Waals surface area contributed by atoms with Crippen LogP contribution in [0.3, 0.4) is 0 Å². The molecule has 0 atom stereocenters. The maximum Gasteiger partial charge on any atom is 0.227 e. The number of rotatable bonds is 3. The third-order valence-electron chi connectivity index (χ3n) is 10.0. The van der Waals surface area contributed by atoms with Gasteiger partial charge in [0.15, 0.2) is 5.58 Å². The highest BCUT2D eigenvalue weighted by molar-refractivity contribution is 6.28. The van der Waals surface area contributed by atoms with Gasteiger partial charge in [-0.1, -0.05) is 97.1 Å². The number of aromatic nitrogens is 2. The quantitative estimate of drug-likeness (QED) is 0.196. The molecule has 3 heterocycles. The fourth-order valence-electron chi connectivity index (χ4n) is 7.78. The molecule has 8 aromatic carbocycles. The van der Waals surface area contributed by atoms with Crippen LogP contribution < -0.4 is 0 Å². The molecule has 0 amide bonds. The van der Waals surface area contributed by atoms with E-state index in [9.17, 15) is 0 Å². The van der Waals surface area contributed by atoms with Crippen LogP contribution in [0.25, 0.3) is 105 Å². The highest BCUT2D eigenvalue weighted by atomic mass is 16.3. The lowest BCUT2D eigenvalue weighted by molar-refractivity contribution is 0.621. The van der Waals surface area contributed by atoms with E-state index in [4.69, 9.17) is 13.8 Å². The van der Waals surface area contributed by atoms with Gasteiger partial charge in [-0.3, -0.25) is 0 Å². The molecular formula is C45H26N2O2. The lowest BCUT2D eigenvalue weighted by Gasteiger charge is -2.08. The number of benzene rings is 8. The Morgan fingerprint density at radius 1 is 0.449 bits per heavy atom. The van der Waals surface area contributed by atoms with Gasteiger partial charge in [0.1, 0.15) is 16.7 Å². The van der Waals surface area contributed by atoms with Crippen molar-refractivity contribution in [2.45, 2.75) is 0 Å². The molecule has 0 fully saturated rings. The van der Waals surface area contributed by atoms with Crippen molar-refractivity contribution < 1.29 is 8.83 Å². The Balaban J connectivity index is 1.11. The average molecular weight is 627 g/mol. The Morgan fingerprint density at radius 3 is 1.92 bits per heavy atom. The molecule has 0 aliphatic rings. The van der Waals surface area contributed by atoms with Gasteiger partial charge in [0.25, 0.3) is 0 Å². The van der Waals surface area contributed by atoms with Crippen molar-refractivity contribution in [2.75, 3.05) is 0 Å². The summed E-state index contributed by atoms with van der Waals surface area (Å²) in [6, 6.07) is 55.5. The molecule has 0 radical (unpaired) electrons. The van der Waals surface area contributed by atoms with E-state index < -0.39 is 0 Å². The zero-order chi connectivity index (χ0) is 32.1. The lowest BCUT2D eigenvalue weighted by atomic mass is 10.00. The van der Waals surface area contributed by atoms with Gasteiger partial charge >= 0.3 is 0 Å². The Bertz CT molecular complexity index is 3010. The predicted octanol–water partition coefficient (Wildman–Crippen LogP) is 12.5. The summed E-state index contributed by atoms with van der Waals surface area (Å²) in [6.07, 6.45) is 0. The van der Waals surface area contributed by atoms with Gasteiger partial charge < -0.3 is 13.4 Å². The smallest absolute Gasteiger partial charge is 0.227 e. The molecule has 228 valence electrons. The van der Waals surface area contributed by atoms with E-state index in [1.807, 2.05) is 42.5 Å². The summed E-state index contributed by atoms with van der Waals surface area (Å²) < 4.78 is 15.3. The molecule has 0 saturated carbocycles. The van der Waals surface area contributed by atoms with Crippen LogP contribution in [0.4, 0.5) is 0 Å². The summed E-state index contributed by atoms with van der Waals surface area (Å²) in [6.45, 7) is 0. The van der Waals surface area contributed by atoms with Crippen LogP contribution in [-0.2, 0) is 0 Å². The second kappa shape index (κ2) is 9.93. The maximum atomic E-state index is 6.55. The fourth-order valence-corrected chi connectivity index (χ4v) is 7.78. The topological polar surface area (TPSA) is 44.1 Å². The number of furan rings is 1. The monoisotopic (exact) mass is 626 g/mol. The standard InChI is InChI=1S/C45H26N2O2/c1-2-11-29(12-3-1)45-46-37-16-8-15-34(44(37)49-45)30-19-24-40-36(25-30)35-21-20-31(26-41(35)48-40)47-38-22-17-27-9-4-6-13-32(27)42(38)43-33-14-7-5-10-28(33)18-23-39(43)47/h1-26H. The highest BCUT2D eigenvalue weighted by Crippen LogP contribution is 2.42. The molecular weight excluding hydrogens is 601 g/mol. The molecule has 3 aromatic heterocycles. The second-order valence-corrected chi connectivity index (χ2v) is 12.7. The first-order chi connectivity index (χ1) is 24.3. The number of para-hydroxylation sites is 1. The average Bonchev–Trinajstić information content (AvgIpc) is 3.86. The van der Waals surface area contributed by atoms with E-state index in [0.717, 1.165) is 55.4 Å². The number of nitrogens with zero attached hydrogens (tertiary/aromatic N) is 2. The summed E-state index contributed by atoms with van der Waals surface area (Å²) in [5.41, 5.74) is 9.77. The minimum absolute atomic E-state index is 0.622. The normalized spacial score (nSPS) is 12.1. The van der Waals surface area contributed by atoms with Crippen molar-refractivity contribution in [1.82, 2.24) is 9.55 Å². The summed E-state index contributed by atoms with van der Waals surface area (Å²) in [5, 5.41) is 9.69. The first-order valence-corrected chi connectivity index (χ1v) is 16.5. The Kier molecular flexibility index (Phi) is 5.35. The second-order valence-electron chi connectivity index (χ2n) is 12.7. The first-order valence-electron chi connectivity index (χ1n) is 16.5. The van der Waals surface area contributed by atoms with Crippen molar-refractivity contribution in [3.05, 3.63) is 158 Å². The number of fused-ring (bicyclic) bond motifs is 11. The minimum atomic E-state index is 0.622. The van der Waals surface area contributed by atoms with E-state index >= 15 is 0 Å². The van der Waals surface area contributed by atoms with E-state index in [-0.39, 0.29) is 0 Å². The van der Waals surface area contributed by atoms with E-state index in [1.54, 1.807) is 0 Å². The van der Waals surface area contributed by atoms with Crippen LogP contribution in [-0.4, -0.2) is 9.55 Å². The van der Waals surface area contributed by atoms with Gasteiger partial charge in [0.05, 0.1) is 11.0 Å². The SMILES string of the molecule is c1ccc(-c2nc3cccc(-c4ccc5oc6cc(-n7c8ccc9ccccc9c8c8c9ccccc9ccc87)ccc6c5c4)c3o2)cc1. The lowest BCUT2D eigenvalue weighted by Crippen LogP contribution is -1.93. The first kappa shape index (κ1) is 26.4. The number of oxazole rings is 1. The Morgan fingerprint density at radius 2 is 1.16 bits per heavy atom. The molecule has 4 nitrogen and oxygen atoms in total. The Labute approximate surface area is 280 Å². The number of hydrogen-bond acceptors (Lipinski definition) is 3. The molecule has 0 bridgehead atoms. The summed E-state index contributed by atoms with van der Waals surface area (Å²) in [4.78, 5) is 4.79. The largest absolute Gasteiger partial charge is 0.456 e. The van der Waals surface area contributed by atoms with E-state index in [2.05, 4.69) is 120 Å². The van der Waals surface area contributed by atoms with Crippen LogP contribution in [0.1, 0.15) is 0 Å². The molecule has 49 heavy (non-hydrogen) atoms. The van der Waals surface area contributed by atoms with Gasteiger partial charge in [0.2, 0.25) is 5.89 Å². The van der Waals surface area contributed by atoms with Crippen molar-refractivity contribution in [3.63, 3.8) is 0 Å². The van der Waals surface area contributed by atoms with Crippen LogP contribution in [0.5, 0.6) is 0 Å². The van der Waals surface area contributed by atoms with Gasteiger partial charge in [-0.05, 0) is 81.7 Å². The Hall–Kier alpha value is -6.65. The molecule has 11 aromatic rings. The van der Waals surface area contributed by atoms with Gasteiger partial charge in [-0.2, -0.15) is 0 Å². The van der Waals surface area contributed by atoms with Crippen LogP contribution in [0, 0.1) is 0 Å². The van der Waals surface area contributed by atoms with Gasteiger partial charge in [-0.25, -0.2) is 4.98 Å². The predicted molar refractivity (Wildman–Crippen MR) is 202 cm³/mol. The third kappa shape index (κ3) is 3.83. The van der Waals surface area contributed by atoms with E-state index in [1.165, 1.54) is 43.4 Å². The molecule has 0 aliphatic heterocycles. The molecule has 11 rings (SSSR count). The fraction of sp³-hybridized carbons (Fsp3) is 0. The summed E-state index contributed by atoms with van der Waals surface area (Å²) in [7, 11) is 0. The minimum Gasteiger partial charge on any atom is -0.456 e. The van der Waals surface area contributed by atoms with Gasteiger partial charge in [-0.15, -0.1) is 0 Å². The summed E-state index contributed by atoms with van der Waals surface area (Å²) in [5.74, 6) is 0.622. The van der Waals surface area contributed by atoms with Crippen molar-refractivity contribution in [2.24, 2.45) is 0 Å². The van der Waals surface area contributed by atoms with Crippen molar-refractivity contribution in [3.8, 4) is 28.3 Å². The van der Waals surface area contributed by atoms with E-state index in [0.29, 0.717) is 5.89 Å². The number of hydrogen-bond donors (Lipinski definition) is 0. The molecule has 0 saturated heterocycles. The zero-order valence-corrected chi connectivity index (χ0v) is 26.2. The van der Waals surface area contributed by atoms with Crippen molar-refractivity contribution in [1.29, 1.82) is 0 Å². The molecule has 4 heteroatoms. The molecule has 0 spiro atoms. The molecule has 0 N–H and O–H groups in total. The van der Waals surface area contributed by atoms with Gasteiger partial charge in [0, 0.05) is 44.4 Å². The molecule has 0 unspecified atom stereocenters. The summed E-state index contributed by atoms with van der Waals surface area (Å²) >= 11 is 0. The van der Waals surface area contributed by atoms with Crippen molar-refractivity contribution >= 4 is 76.4 Å². The maximum absolute atomic E-state index is 6.55. The highest BCUT2D eigenvalue weighted by Gasteiger charge is 2.19.